The van der Waals surface area contributed by atoms with Crippen molar-refractivity contribution in [1.82, 2.24) is 44.3 Å². The molecule has 17 heteroatoms. The van der Waals surface area contributed by atoms with Gasteiger partial charge < -0.3 is 20.2 Å². The van der Waals surface area contributed by atoms with E-state index in [4.69, 9.17) is 9.97 Å². The van der Waals surface area contributed by atoms with Crippen molar-refractivity contribution in [2.75, 3.05) is 56.0 Å². The molecule has 342 valence electrons. The van der Waals surface area contributed by atoms with Gasteiger partial charge in [0.1, 0.15) is 22.8 Å². The van der Waals surface area contributed by atoms with Gasteiger partial charge in [-0.25, -0.2) is 23.7 Å². The number of aryl methyl sites for hydroxylation is 1. The first-order valence-electron chi connectivity index (χ1n) is 23.3. The molecule has 1 unspecified atom stereocenters. The molecule has 3 aromatic heterocycles. The van der Waals surface area contributed by atoms with Crippen molar-refractivity contribution in [1.29, 1.82) is 0 Å². The van der Waals surface area contributed by atoms with Crippen LogP contribution in [-0.4, -0.2) is 120 Å². The number of nitrogens with zero attached hydrogens (tertiary/aromatic N) is 9. The molecule has 6 aliphatic rings. The van der Waals surface area contributed by atoms with E-state index >= 15 is 4.39 Å². The molecule has 0 radical (unpaired) electrons. The fourth-order valence-corrected chi connectivity index (χ4v) is 11.2. The zero-order valence-electron chi connectivity index (χ0n) is 37.1. The molecule has 2 atom stereocenters. The molecule has 16 nitrogen and oxygen atoms in total. The van der Waals surface area contributed by atoms with E-state index in [0.717, 1.165) is 81.9 Å². The van der Waals surface area contributed by atoms with E-state index in [9.17, 15) is 24.3 Å². The summed E-state index contributed by atoms with van der Waals surface area (Å²) in [5.41, 5.74) is 4.52. The van der Waals surface area contributed by atoms with E-state index in [0.29, 0.717) is 70.5 Å². The van der Waals surface area contributed by atoms with Gasteiger partial charge in [-0.05, 0) is 105 Å². The van der Waals surface area contributed by atoms with Crippen LogP contribution in [0.2, 0.25) is 0 Å². The van der Waals surface area contributed by atoms with Gasteiger partial charge in [-0.3, -0.25) is 34.3 Å². The van der Waals surface area contributed by atoms with Crippen LogP contribution in [0.4, 0.5) is 21.7 Å². The maximum absolute atomic E-state index is 15.3. The Kier molecular flexibility index (Phi) is 10.6. The monoisotopic (exact) mass is 895 g/mol. The summed E-state index contributed by atoms with van der Waals surface area (Å²) < 4.78 is 18.6. The zero-order chi connectivity index (χ0) is 45.4. The second kappa shape index (κ2) is 16.5. The lowest BCUT2D eigenvalue weighted by molar-refractivity contribution is -0.136. The van der Waals surface area contributed by atoms with Crippen molar-refractivity contribution < 1.29 is 23.9 Å². The maximum atomic E-state index is 15.3. The minimum atomic E-state index is -0.998. The summed E-state index contributed by atoms with van der Waals surface area (Å²) in [4.78, 5) is 73.6. The average molecular weight is 896 g/mol. The highest BCUT2D eigenvalue weighted by Gasteiger charge is 2.42. The number of piperidine rings is 2. The molecular formula is C49H54FN11O5. The molecule has 0 bridgehead atoms. The first-order valence-corrected chi connectivity index (χ1v) is 23.3. The lowest BCUT2D eigenvalue weighted by Crippen LogP contribution is -2.63. The number of carbonyl (C=O) groups excluding carboxylic acids is 3. The van der Waals surface area contributed by atoms with Crippen LogP contribution in [0.3, 0.4) is 0 Å². The molecule has 5 aliphatic heterocycles. The largest absolute Gasteiger partial charge is 0.384 e. The third-order valence-electron chi connectivity index (χ3n) is 15.0. The van der Waals surface area contributed by atoms with Crippen molar-refractivity contribution in [3.05, 3.63) is 112 Å². The van der Waals surface area contributed by atoms with E-state index in [2.05, 4.69) is 56.3 Å². The molecule has 1 aliphatic carbocycles. The number of benzene rings is 2. The number of anilines is 3. The minimum Gasteiger partial charge on any atom is -0.384 e. The fraction of sp³-hybridized carbons (Fsp3) is 0.449. The molecule has 11 rings (SSSR count). The fourth-order valence-electron chi connectivity index (χ4n) is 11.2. The lowest BCUT2D eigenvalue weighted by Gasteiger charge is -2.51. The standard InChI is InChI=1S/C49H54FN11O5/c1-3-17-60-47(65)37-22-51-48(55-44(37)61(60)41-11-7-32-13-16-49(66,4-2)43(32)53-41)52-34-8-5-30(6-9-34)31-14-18-57(19-15-31)35-27-56(28-35)23-29-24-58(25-29)40-20-33-26-59(46(64)36(33)21-38(40)50)39-10-12-42(62)54-45(39)63/h3,5-9,11,20-22,29,31,35,39,66H,1,4,10,12-19,23-28H2,2H3,(H,51,52,55)(H,54,62,63)/t39?,49-/m0/s1. The Labute approximate surface area is 381 Å². The first-order chi connectivity index (χ1) is 32.0. The van der Waals surface area contributed by atoms with Crippen LogP contribution >= 0.6 is 0 Å². The van der Waals surface area contributed by atoms with Gasteiger partial charge in [0.05, 0.1) is 17.9 Å². The smallest absolute Gasteiger partial charge is 0.278 e. The number of carbonyl (C=O) groups is 3. The van der Waals surface area contributed by atoms with Gasteiger partial charge in [-0.2, -0.15) is 4.98 Å². The highest BCUT2D eigenvalue weighted by Crippen LogP contribution is 2.39. The number of hydrogen-bond donors (Lipinski definition) is 3. The SMILES string of the molecule is C=CCn1c(=O)c2cnc(Nc3ccc(C4CCN(C5CN(CC6CN(c7cc8c(cc7F)C(=O)N(C7CCC(=O)NC7=O)C8)C6)C5)CC4)cc3)nc2n1-c1ccc2c(n1)[C@](O)(CC)CC2. The second-order valence-corrected chi connectivity index (χ2v) is 19.0. The van der Waals surface area contributed by atoms with E-state index in [1.165, 1.54) is 16.5 Å². The number of imide groups is 1. The van der Waals surface area contributed by atoms with E-state index in [1.54, 1.807) is 27.7 Å². The molecule has 2 aromatic carbocycles. The predicted octanol–water partition coefficient (Wildman–Crippen LogP) is 4.35. The number of hydrogen-bond acceptors (Lipinski definition) is 12. The van der Waals surface area contributed by atoms with Crippen LogP contribution in [-0.2, 0) is 34.7 Å². The quantitative estimate of drug-likeness (QED) is 0.120. The van der Waals surface area contributed by atoms with Crippen LogP contribution < -0.4 is 21.1 Å². The molecule has 3 amide bonds. The Hall–Kier alpha value is -6.30. The molecule has 5 aromatic rings. The molecule has 0 spiro atoms. The number of fused-ring (bicyclic) bond motifs is 3. The van der Waals surface area contributed by atoms with Crippen LogP contribution in [0.5, 0.6) is 0 Å². The van der Waals surface area contributed by atoms with Crippen LogP contribution in [0.1, 0.15) is 84.1 Å². The summed E-state index contributed by atoms with van der Waals surface area (Å²) in [6.07, 6.45) is 7.78. The number of rotatable bonds is 12. The summed E-state index contributed by atoms with van der Waals surface area (Å²) in [7, 11) is 0. The van der Waals surface area contributed by atoms with Crippen molar-refractivity contribution in [3.8, 4) is 5.82 Å². The summed E-state index contributed by atoms with van der Waals surface area (Å²) >= 11 is 0. The van der Waals surface area contributed by atoms with E-state index in [-0.39, 0.29) is 43.3 Å². The lowest BCUT2D eigenvalue weighted by atomic mass is 9.88. The number of amides is 3. The van der Waals surface area contributed by atoms with Gasteiger partial charge in [0, 0.05) is 75.1 Å². The van der Waals surface area contributed by atoms with Crippen molar-refractivity contribution in [2.24, 2.45) is 5.92 Å². The topological polar surface area (TPSA) is 174 Å². The maximum Gasteiger partial charge on any atom is 0.278 e. The Morgan fingerprint density at radius 1 is 0.970 bits per heavy atom. The number of nitrogens with one attached hydrogen (secondary N) is 2. The molecular weight excluding hydrogens is 842 g/mol. The van der Waals surface area contributed by atoms with Crippen LogP contribution in [0.15, 0.2) is 72.2 Å². The number of pyridine rings is 1. The predicted molar refractivity (Wildman–Crippen MR) is 245 cm³/mol. The highest BCUT2D eigenvalue weighted by atomic mass is 19.1. The third-order valence-corrected chi connectivity index (χ3v) is 15.0. The van der Waals surface area contributed by atoms with Gasteiger partial charge in [0.2, 0.25) is 17.8 Å². The Balaban J connectivity index is 0.662. The third kappa shape index (κ3) is 7.37. The zero-order valence-corrected chi connectivity index (χ0v) is 37.1. The summed E-state index contributed by atoms with van der Waals surface area (Å²) in [5.74, 6) is 0.193. The van der Waals surface area contributed by atoms with E-state index in [1.807, 2.05) is 24.0 Å². The van der Waals surface area contributed by atoms with Crippen LogP contribution in [0, 0.1) is 11.7 Å². The highest BCUT2D eigenvalue weighted by molar-refractivity contribution is 6.05. The Morgan fingerprint density at radius 3 is 2.50 bits per heavy atom. The Bertz CT molecular complexity index is 2840. The van der Waals surface area contributed by atoms with E-state index < -0.39 is 23.4 Å². The second-order valence-electron chi connectivity index (χ2n) is 19.0. The number of aliphatic hydroxyl groups is 1. The number of likely N-dealkylation sites (tertiary alicyclic amines) is 2. The van der Waals surface area contributed by atoms with Crippen LogP contribution in [0.25, 0.3) is 16.9 Å². The molecule has 3 N–H and O–H groups in total. The normalized spacial score (nSPS) is 23.0. The number of allylic oxidation sites excluding steroid dienone is 1. The molecule has 0 saturated carbocycles. The summed E-state index contributed by atoms with van der Waals surface area (Å²) in [5, 5.41) is 17.3. The molecule has 66 heavy (non-hydrogen) atoms. The Morgan fingerprint density at radius 2 is 1.76 bits per heavy atom. The van der Waals surface area contributed by atoms with Gasteiger partial charge in [-0.1, -0.05) is 31.2 Å². The molecule has 8 heterocycles. The first kappa shape index (κ1) is 42.3. The average Bonchev–Trinajstić information content (AvgIpc) is 3.89. The van der Waals surface area contributed by atoms with Gasteiger partial charge in [-0.15, -0.1) is 6.58 Å². The van der Waals surface area contributed by atoms with Crippen molar-refractivity contribution in [3.63, 3.8) is 0 Å². The molecule has 4 fully saturated rings. The number of halogens is 1. The summed E-state index contributed by atoms with van der Waals surface area (Å²) in [6, 6.07) is 15.2. The number of aromatic nitrogens is 5. The van der Waals surface area contributed by atoms with Crippen molar-refractivity contribution >= 4 is 46.1 Å². The van der Waals surface area contributed by atoms with Crippen molar-refractivity contribution in [2.45, 2.75) is 88.6 Å². The van der Waals surface area contributed by atoms with Gasteiger partial charge in [0.25, 0.3) is 11.5 Å². The minimum absolute atomic E-state index is 0.180. The summed E-state index contributed by atoms with van der Waals surface area (Å²) in [6.45, 7) is 13.0. The van der Waals surface area contributed by atoms with Gasteiger partial charge in [0.15, 0.2) is 11.5 Å². The molecule has 4 saturated heterocycles. The van der Waals surface area contributed by atoms with Gasteiger partial charge >= 0.3 is 0 Å².